The third-order valence-electron chi connectivity index (χ3n) is 3.13. The van der Waals surface area contributed by atoms with Crippen LogP contribution >= 0.6 is 0 Å². The fraction of sp³-hybridized carbons (Fsp3) is 0.188. The van der Waals surface area contributed by atoms with Crippen molar-refractivity contribution in [2.45, 2.75) is 11.3 Å². The summed E-state index contributed by atoms with van der Waals surface area (Å²) >= 11 is 0. The molecule has 122 valence electrons. The molecule has 0 aromatic heterocycles. The van der Waals surface area contributed by atoms with E-state index >= 15 is 0 Å². The summed E-state index contributed by atoms with van der Waals surface area (Å²) in [5.41, 5.74) is 1.46. The van der Waals surface area contributed by atoms with E-state index in [0.717, 1.165) is 5.56 Å². The Morgan fingerprint density at radius 3 is 2.30 bits per heavy atom. The van der Waals surface area contributed by atoms with Crippen LogP contribution in [-0.2, 0) is 21.2 Å². The van der Waals surface area contributed by atoms with E-state index in [9.17, 15) is 13.2 Å². The van der Waals surface area contributed by atoms with Gasteiger partial charge in [-0.3, -0.25) is 4.72 Å². The summed E-state index contributed by atoms with van der Waals surface area (Å²) in [6, 6.07) is 15.2. The van der Waals surface area contributed by atoms with Gasteiger partial charge in [0.2, 0.25) is 0 Å². The zero-order valence-corrected chi connectivity index (χ0v) is 13.5. The van der Waals surface area contributed by atoms with E-state index in [-0.39, 0.29) is 4.90 Å². The van der Waals surface area contributed by atoms with Crippen LogP contribution in [-0.4, -0.2) is 28.2 Å². The van der Waals surface area contributed by atoms with Crippen molar-refractivity contribution in [1.82, 2.24) is 5.32 Å². The Kier molecular flexibility index (Phi) is 5.59. The highest BCUT2D eigenvalue weighted by Crippen LogP contribution is 2.16. The van der Waals surface area contributed by atoms with Gasteiger partial charge in [-0.25, -0.2) is 13.2 Å². The van der Waals surface area contributed by atoms with Crippen molar-refractivity contribution < 1.29 is 17.9 Å². The fourth-order valence-electron chi connectivity index (χ4n) is 1.93. The molecule has 0 saturated carbocycles. The van der Waals surface area contributed by atoms with Gasteiger partial charge in [0.1, 0.15) is 0 Å². The highest BCUT2D eigenvalue weighted by atomic mass is 32.2. The largest absolute Gasteiger partial charge is 0.453 e. The van der Waals surface area contributed by atoms with Crippen LogP contribution in [0.25, 0.3) is 0 Å². The number of alkyl carbamates (subject to hydrolysis) is 1. The number of anilines is 1. The fourth-order valence-corrected chi connectivity index (χ4v) is 3.01. The number of methoxy groups -OCH3 is 1. The van der Waals surface area contributed by atoms with Gasteiger partial charge >= 0.3 is 6.09 Å². The lowest BCUT2D eigenvalue weighted by molar-refractivity contribution is 0.171. The molecule has 0 aliphatic heterocycles. The first-order valence-corrected chi connectivity index (χ1v) is 8.48. The summed E-state index contributed by atoms with van der Waals surface area (Å²) in [4.78, 5) is 11.2. The number of ether oxygens (including phenoxy) is 1. The number of hydrogen-bond acceptors (Lipinski definition) is 4. The molecule has 0 heterocycles. The summed E-state index contributed by atoms with van der Waals surface area (Å²) in [7, 11) is -2.27. The normalized spacial score (nSPS) is 10.8. The predicted octanol–water partition coefficient (Wildman–Crippen LogP) is 2.39. The van der Waals surface area contributed by atoms with E-state index in [1.807, 2.05) is 12.1 Å². The third kappa shape index (κ3) is 5.00. The molecular formula is C16H18N2O4S. The number of rotatable bonds is 6. The number of amides is 1. The molecule has 6 nitrogen and oxygen atoms in total. The summed E-state index contributed by atoms with van der Waals surface area (Å²) in [6.07, 6.45) is 0.151. The number of carbonyl (C=O) groups excluding carboxylic acids is 1. The minimum Gasteiger partial charge on any atom is -0.453 e. The Hall–Kier alpha value is -2.54. The zero-order chi connectivity index (χ0) is 16.7. The van der Waals surface area contributed by atoms with Crippen molar-refractivity contribution in [1.29, 1.82) is 0 Å². The first-order valence-electron chi connectivity index (χ1n) is 7.00. The van der Waals surface area contributed by atoms with Gasteiger partial charge in [-0.05, 0) is 36.2 Å². The molecule has 7 heteroatoms. The lowest BCUT2D eigenvalue weighted by atomic mass is 10.1. The Morgan fingerprint density at radius 2 is 1.70 bits per heavy atom. The SMILES string of the molecule is COC(=O)NCCc1ccc(NS(=O)(=O)c2ccccc2)cc1. The van der Waals surface area contributed by atoms with Crippen LogP contribution in [0.4, 0.5) is 10.5 Å². The first-order chi connectivity index (χ1) is 11.0. The van der Waals surface area contributed by atoms with Gasteiger partial charge in [-0.15, -0.1) is 0 Å². The molecule has 0 saturated heterocycles. The summed E-state index contributed by atoms with van der Waals surface area (Å²) in [6.45, 7) is 0.446. The zero-order valence-electron chi connectivity index (χ0n) is 12.7. The molecular weight excluding hydrogens is 316 g/mol. The topological polar surface area (TPSA) is 84.5 Å². The van der Waals surface area contributed by atoms with E-state index in [4.69, 9.17) is 0 Å². The van der Waals surface area contributed by atoms with E-state index in [1.165, 1.54) is 19.2 Å². The van der Waals surface area contributed by atoms with Crippen molar-refractivity contribution >= 4 is 21.8 Å². The van der Waals surface area contributed by atoms with Gasteiger partial charge in [0.25, 0.3) is 10.0 Å². The summed E-state index contributed by atoms with van der Waals surface area (Å²) in [5, 5.41) is 2.58. The second-order valence-electron chi connectivity index (χ2n) is 4.78. The maximum Gasteiger partial charge on any atom is 0.406 e. The van der Waals surface area contributed by atoms with Crippen molar-refractivity contribution in [3.05, 3.63) is 60.2 Å². The molecule has 2 aromatic rings. The highest BCUT2D eigenvalue weighted by Gasteiger charge is 2.13. The van der Waals surface area contributed by atoms with Crippen LogP contribution in [0.1, 0.15) is 5.56 Å². The van der Waals surface area contributed by atoms with Crippen molar-refractivity contribution in [2.24, 2.45) is 0 Å². The minimum atomic E-state index is -3.58. The Labute approximate surface area is 135 Å². The van der Waals surface area contributed by atoms with Gasteiger partial charge in [-0.1, -0.05) is 30.3 Å². The number of nitrogens with one attached hydrogen (secondary N) is 2. The lowest BCUT2D eigenvalue weighted by Gasteiger charge is -2.09. The quantitative estimate of drug-likeness (QED) is 0.849. The average molecular weight is 334 g/mol. The van der Waals surface area contributed by atoms with Crippen LogP contribution in [0.15, 0.2) is 59.5 Å². The standard InChI is InChI=1S/C16H18N2O4S/c1-22-16(19)17-12-11-13-7-9-14(10-8-13)18-23(20,21)15-5-3-2-4-6-15/h2-10,18H,11-12H2,1H3,(H,17,19). The predicted molar refractivity (Wildman–Crippen MR) is 87.8 cm³/mol. The Balaban J connectivity index is 1.96. The smallest absolute Gasteiger partial charge is 0.406 e. The molecule has 23 heavy (non-hydrogen) atoms. The number of hydrogen-bond donors (Lipinski definition) is 2. The Bertz CT molecular complexity index is 743. The van der Waals surface area contributed by atoms with Crippen molar-refractivity contribution in [2.75, 3.05) is 18.4 Å². The lowest BCUT2D eigenvalue weighted by Crippen LogP contribution is -2.25. The van der Waals surface area contributed by atoms with Crippen LogP contribution in [0.2, 0.25) is 0 Å². The van der Waals surface area contributed by atoms with Gasteiger partial charge in [-0.2, -0.15) is 0 Å². The molecule has 1 amide bonds. The molecule has 0 radical (unpaired) electrons. The molecule has 0 aliphatic rings. The Morgan fingerprint density at radius 1 is 1.04 bits per heavy atom. The van der Waals surface area contributed by atoms with Gasteiger partial charge in [0.05, 0.1) is 12.0 Å². The number of carbonyl (C=O) groups is 1. The summed E-state index contributed by atoms with van der Waals surface area (Å²) in [5.74, 6) is 0. The molecule has 0 fully saturated rings. The van der Waals surface area contributed by atoms with Gasteiger partial charge < -0.3 is 10.1 Å². The van der Waals surface area contributed by atoms with E-state index in [0.29, 0.717) is 18.7 Å². The number of benzene rings is 2. The molecule has 2 N–H and O–H groups in total. The van der Waals surface area contributed by atoms with Crippen LogP contribution in [0.5, 0.6) is 0 Å². The van der Waals surface area contributed by atoms with Crippen molar-refractivity contribution in [3.63, 3.8) is 0 Å². The molecule has 0 bridgehead atoms. The molecule has 0 spiro atoms. The van der Waals surface area contributed by atoms with Crippen LogP contribution in [0, 0.1) is 0 Å². The van der Waals surface area contributed by atoms with E-state index < -0.39 is 16.1 Å². The van der Waals surface area contributed by atoms with E-state index in [2.05, 4.69) is 14.8 Å². The third-order valence-corrected chi connectivity index (χ3v) is 4.53. The van der Waals surface area contributed by atoms with Crippen LogP contribution < -0.4 is 10.0 Å². The van der Waals surface area contributed by atoms with Gasteiger partial charge in [0, 0.05) is 12.2 Å². The highest BCUT2D eigenvalue weighted by molar-refractivity contribution is 7.92. The minimum absolute atomic E-state index is 0.214. The molecule has 0 unspecified atom stereocenters. The molecule has 2 aromatic carbocycles. The van der Waals surface area contributed by atoms with Crippen LogP contribution in [0.3, 0.4) is 0 Å². The summed E-state index contributed by atoms with van der Waals surface area (Å²) < 4.78 is 31.4. The second kappa shape index (κ2) is 7.64. The maximum absolute atomic E-state index is 12.2. The molecule has 0 aliphatic carbocycles. The first kappa shape index (κ1) is 16.8. The molecule has 0 atom stereocenters. The average Bonchev–Trinajstić information content (AvgIpc) is 2.57. The van der Waals surface area contributed by atoms with Crippen molar-refractivity contribution in [3.8, 4) is 0 Å². The maximum atomic E-state index is 12.2. The monoisotopic (exact) mass is 334 g/mol. The number of sulfonamides is 1. The van der Waals surface area contributed by atoms with E-state index in [1.54, 1.807) is 30.3 Å². The second-order valence-corrected chi connectivity index (χ2v) is 6.47. The van der Waals surface area contributed by atoms with Gasteiger partial charge in [0.15, 0.2) is 0 Å². The molecule has 2 rings (SSSR count).